The number of rotatable bonds is 7. The van der Waals surface area contributed by atoms with Crippen molar-refractivity contribution in [2.24, 2.45) is 0 Å². The van der Waals surface area contributed by atoms with E-state index in [1.54, 1.807) is 30.3 Å². The first kappa shape index (κ1) is 22.8. The minimum absolute atomic E-state index is 0.0312. The van der Waals surface area contributed by atoms with Crippen LogP contribution in [0.4, 0.5) is 5.69 Å². The highest BCUT2D eigenvalue weighted by atomic mass is 32.2. The summed E-state index contributed by atoms with van der Waals surface area (Å²) in [5.74, 6) is -1.37. The average molecular weight is 467 g/mol. The fourth-order valence-electron chi connectivity index (χ4n) is 3.09. The van der Waals surface area contributed by atoms with Crippen molar-refractivity contribution in [3.63, 3.8) is 0 Å². The van der Waals surface area contributed by atoms with Crippen molar-refractivity contribution >= 4 is 37.4 Å². The molecule has 1 amide bonds. The Labute approximate surface area is 181 Å². The fourth-order valence-corrected chi connectivity index (χ4v) is 5.92. The lowest BCUT2D eigenvalue weighted by Gasteiger charge is -2.23. The Morgan fingerprint density at radius 1 is 1.10 bits per heavy atom. The van der Waals surface area contributed by atoms with E-state index in [0.29, 0.717) is 12.1 Å². The van der Waals surface area contributed by atoms with Crippen LogP contribution >= 0.6 is 0 Å². The molecule has 1 saturated heterocycles. The second kappa shape index (κ2) is 9.06. The van der Waals surface area contributed by atoms with Crippen LogP contribution < -0.4 is 4.72 Å². The second-order valence-electron chi connectivity index (χ2n) is 7.13. The van der Waals surface area contributed by atoms with Crippen LogP contribution in [0.1, 0.15) is 16.8 Å². The van der Waals surface area contributed by atoms with Gasteiger partial charge in [0.25, 0.3) is 15.9 Å². The maximum Gasteiger partial charge on any atom is 0.338 e. The number of ether oxygens (including phenoxy) is 1. The van der Waals surface area contributed by atoms with Gasteiger partial charge in [-0.15, -0.1) is 0 Å². The fraction of sp³-hybridized carbons (Fsp3) is 0.300. The predicted octanol–water partition coefficient (Wildman–Crippen LogP) is 1.29. The molecule has 1 fully saturated rings. The number of benzene rings is 2. The number of nitrogens with zero attached hydrogens (tertiary/aromatic N) is 1. The number of nitrogens with one attached hydrogen (secondary N) is 1. The highest BCUT2D eigenvalue weighted by molar-refractivity contribution is 7.92. The molecule has 1 aliphatic heterocycles. The van der Waals surface area contributed by atoms with Crippen molar-refractivity contribution in [3.8, 4) is 0 Å². The highest BCUT2D eigenvalue weighted by Gasteiger charge is 2.33. The zero-order valence-electron chi connectivity index (χ0n) is 16.7. The molecule has 0 aromatic heterocycles. The van der Waals surface area contributed by atoms with Gasteiger partial charge in [0.2, 0.25) is 0 Å². The number of amides is 1. The summed E-state index contributed by atoms with van der Waals surface area (Å²) in [6.07, 6.45) is 0.353. The summed E-state index contributed by atoms with van der Waals surface area (Å²) in [7, 11) is -5.49. The third-order valence-electron chi connectivity index (χ3n) is 4.90. The Bertz CT molecular complexity index is 1160. The molecule has 1 N–H and O–H groups in total. The van der Waals surface area contributed by atoms with Crippen molar-refractivity contribution < 1.29 is 31.2 Å². The standard InChI is InChI=1S/C20H22N2O7S2/c1-22(17-11-12-30(25,26)14-17)19(23)13-29-20(24)15-7-9-18(10-8-15)31(27,28)21-16-5-3-2-4-6-16/h2-10,17,21H,11-14H2,1H3/t17-/m1/s1. The Morgan fingerprint density at radius 3 is 2.32 bits per heavy atom. The van der Waals surface area contributed by atoms with Gasteiger partial charge in [-0.3, -0.25) is 9.52 Å². The molecule has 11 heteroatoms. The molecule has 0 aliphatic carbocycles. The number of para-hydroxylation sites is 1. The molecule has 31 heavy (non-hydrogen) atoms. The number of hydrogen-bond donors (Lipinski definition) is 1. The molecule has 0 radical (unpaired) electrons. The maximum absolute atomic E-state index is 12.4. The predicted molar refractivity (Wildman–Crippen MR) is 114 cm³/mol. The number of sulfonamides is 1. The first-order valence-electron chi connectivity index (χ1n) is 9.38. The summed E-state index contributed by atoms with van der Waals surface area (Å²) in [4.78, 5) is 25.6. The molecule has 2 aromatic rings. The van der Waals surface area contributed by atoms with Crippen LogP contribution in [0.5, 0.6) is 0 Å². The van der Waals surface area contributed by atoms with Crippen LogP contribution in [0.25, 0.3) is 0 Å². The number of carbonyl (C=O) groups is 2. The molecule has 0 spiro atoms. The minimum atomic E-state index is -3.82. The molecule has 1 aliphatic rings. The normalized spacial score (nSPS) is 17.6. The van der Waals surface area contributed by atoms with Crippen molar-refractivity contribution in [2.45, 2.75) is 17.4 Å². The average Bonchev–Trinajstić information content (AvgIpc) is 3.11. The van der Waals surface area contributed by atoms with E-state index in [4.69, 9.17) is 4.74 Å². The maximum atomic E-state index is 12.4. The van der Waals surface area contributed by atoms with E-state index in [-0.39, 0.29) is 22.0 Å². The molecule has 0 saturated carbocycles. The second-order valence-corrected chi connectivity index (χ2v) is 11.0. The number of carbonyl (C=O) groups excluding carboxylic acids is 2. The Morgan fingerprint density at radius 2 is 1.74 bits per heavy atom. The van der Waals surface area contributed by atoms with Gasteiger partial charge in [0, 0.05) is 18.8 Å². The molecule has 9 nitrogen and oxygen atoms in total. The van der Waals surface area contributed by atoms with Crippen molar-refractivity contribution in [1.82, 2.24) is 4.90 Å². The smallest absolute Gasteiger partial charge is 0.338 e. The first-order chi connectivity index (χ1) is 14.6. The molecule has 166 valence electrons. The summed E-state index contributed by atoms with van der Waals surface area (Å²) in [6.45, 7) is -0.540. The van der Waals surface area contributed by atoms with Gasteiger partial charge in [0.05, 0.1) is 22.0 Å². The largest absolute Gasteiger partial charge is 0.452 e. The highest BCUT2D eigenvalue weighted by Crippen LogP contribution is 2.18. The van der Waals surface area contributed by atoms with Crippen LogP contribution in [0.3, 0.4) is 0 Å². The Kier molecular flexibility index (Phi) is 6.65. The number of anilines is 1. The van der Waals surface area contributed by atoms with Crippen LogP contribution in [0.15, 0.2) is 59.5 Å². The zero-order chi connectivity index (χ0) is 22.6. The van der Waals surface area contributed by atoms with E-state index in [1.165, 1.54) is 36.2 Å². The van der Waals surface area contributed by atoms with Crippen molar-refractivity contribution in [2.75, 3.05) is 29.9 Å². The molecule has 0 bridgehead atoms. The quantitative estimate of drug-likeness (QED) is 0.609. The zero-order valence-corrected chi connectivity index (χ0v) is 18.4. The van der Waals surface area contributed by atoms with E-state index in [9.17, 15) is 26.4 Å². The summed E-state index contributed by atoms with van der Waals surface area (Å²) in [6, 6.07) is 13.0. The van der Waals surface area contributed by atoms with Crippen LogP contribution in [-0.2, 0) is 29.4 Å². The van der Waals surface area contributed by atoms with Gasteiger partial charge < -0.3 is 9.64 Å². The summed E-state index contributed by atoms with van der Waals surface area (Å²) < 4.78 is 55.4. The third kappa shape index (κ3) is 5.82. The van der Waals surface area contributed by atoms with Crippen LogP contribution in [-0.4, -0.2) is 64.8 Å². The number of hydrogen-bond acceptors (Lipinski definition) is 7. The summed E-state index contributed by atoms with van der Waals surface area (Å²) in [5, 5.41) is 0. The van der Waals surface area contributed by atoms with Gasteiger partial charge in [0.1, 0.15) is 0 Å². The van der Waals surface area contributed by atoms with Gasteiger partial charge in [-0.25, -0.2) is 21.6 Å². The Balaban J connectivity index is 1.57. The number of esters is 1. The molecular formula is C20H22N2O7S2. The lowest BCUT2D eigenvalue weighted by atomic mass is 10.2. The van der Waals surface area contributed by atoms with E-state index in [1.807, 2.05) is 0 Å². The van der Waals surface area contributed by atoms with E-state index in [2.05, 4.69) is 4.72 Å². The third-order valence-corrected chi connectivity index (χ3v) is 8.05. The topological polar surface area (TPSA) is 127 Å². The monoisotopic (exact) mass is 466 g/mol. The van der Waals surface area contributed by atoms with Crippen molar-refractivity contribution in [3.05, 3.63) is 60.2 Å². The lowest BCUT2D eigenvalue weighted by Crippen LogP contribution is -2.40. The van der Waals surface area contributed by atoms with Crippen LogP contribution in [0, 0.1) is 0 Å². The van der Waals surface area contributed by atoms with Crippen molar-refractivity contribution in [1.29, 1.82) is 0 Å². The summed E-state index contributed by atoms with van der Waals surface area (Å²) >= 11 is 0. The molecular weight excluding hydrogens is 444 g/mol. The van der Waals surface area contributed by atoms with Gasteiger partial charge in [-0.2, -0.15) is 0 Å². The van der Waals surface area contributed by atoms with Gasteiger partial charge >= 0.3 is 5.97 Å². The van der Waals surface area contributed by atoms with Crippen LogP contribution in [0.2, 0.25) is 0 Å². The number of sulfone groups is 1. The number of likely N-dealkylation sites (N-methyl/N-ethyl adjacent to an activating group) is 1. The van der Waals surface area contributed by atoms with E-state index >= 15 is 0 Å². The van der Waals surface area contributed by atoms with E-state index in [0.717, 1.165) is 0 Å². The Hall–Kier alpha value is -2.92. The molecule has 2 aromatic carbocycles. The molecule has 3 rings (SSSR count). The minimum Gasteiger partial charge on any atom is -0.452 e. The van der Waals surface area contributed by atoms with Gasteiger partial charge in [0.15, 0.2) is 16.4 Å². The first-order valence-corrected chi connectivity index (χ1v) is 12.7. The lowest BCUT2D eigenvalue weighted by molar-refractivity contribution is -0.134. The SMILES string of the molecule is CN(C(=O)COC(=O)c1ccc(S(=O)(=O)Nc2ccccc2)cc1)[C@@H]1CCS(=O)(=O)C1. The summed E-state index contributed by atoms with van der Waals surface area (Å²) in [5.41, 5.74) is 0.487. The molecule has 0 unspecified atom stereocenters. The van der Waals surface area contributed by atoms with E-state index < -0.39 is 44.4 Å². The van der Waals surface area contributed by atoms with Gasteiger partial charge in [-0.05, 0) is 42.8 Å². The molecule has 1 atom stereocenters. The van der Waals surface area contributed by atoms with Gasteiger partial charge in [-0.1, -0.05) is 18.2 Å². The molecule has 1 heterocycles.